The van der Waals surface area contributed by atoms with Crippen LogP contribution in [0.1, 0.15) is 0 Å². The number of hydrogen-bond donors (Lipinski definition) is 2. The second kappa shape index (κ2) is 5.85. The molecule has 1 atom stereocenters. The van der Waals surface area contributed by atoms with Crippen molar-refractivity contribution in [3.05, 3.63) is 0 Å². The van der Waals surface area contributed by atoms with Crippen LogP contribution in [0.2, 0.25) is 0 Å². The zero-order valence-electron chi connectivity index (χ0n) is 3.47. The third kappa shape index (κ3) is 4.87. The number of aliphatic hydroxyl groups is 1. The number of carboxylic acids is 1. The van der Waals surface area contributed by atoms with Crippen LogP contribution in [0.5, 0.6) is 0 Å². The first-order chi connectivity index (χ1) is 3.18. The Bertz CT molecular complexity index is 76.9. The normalized spacial score (nSPS) is 11.8. The Morgan fingerprint density at radius 2 is 2.12 bits per heavy atom. The van der Waals surface area contributed by atoms with E-state index in [-0.39, 0.29) is 35.4 Å². The molecule has 0 aromatic rings. The van der Waals surface area contributed by atoms with E-state index in [0.717, 1.165) is 0 Å². The summed E-state index contributed by atoms with van der Waals surface area (Å²) in [7, 11) is 0. The number of carboxylic acid groups (broad SMARTS) is 1. The molecule has 0 aliphatic carbocycles. The Labute approximate surface area is 73.9 Å². The Morgan fingerprint density at radius 1 is 1.75 bits per heavy atom. The Balaban J connectivity index is 0. The van der Waals surface area contributed by atoms with Gasteiger partial charge in [-0.1, -0.05) is 0 Å². The zero-order valence-corrected chi connectivity index (χ0v) is 4.22. The molecule has 0 amide bonds. The van der Waals surface area contributed by atoms with Crippen molar-refractivity contribution in [3.63, 3.8) is 0 Å². The van der Waals surface area contributed by atoms with E-state index in [1.807, 2.05) is 0 Å². The van der Waals surface area contributed by atoms with Gasteiger partial charge in [0.05, 0.1) is 5.88 Å². The van der Waals surface area contributed by atoms with Gasteiger partial charge >= 0.3 is 35.5 Å². The molecule has 8 heavy (non-hydrogen) atoms. The molecule has 0 aliphatic heterocycles. The fraction of sp³-hybridized carbons (Fsp3) is 0.667. The molecule has 0 rings (SSSR count). The first kappa shape index (κ1) is 11.5. The topological polar surface area (TPSA) is 57.5 Å². The van der Waals surface area contributed by atoms with Gasteiger partial charge in [0.1, 0.15) is 0 Å². The van der Waals surface area contributed by atoms with Gasteiger partial charge in [0, 0.05) is 0 Å². The molecular weight excluding hydrogens is 142 g/mol. The van der Waals surface area contributed by atoms with Crippen molar-refractivity contribution in [1.82, 2.24) is 0 Å². The van der Waals surface area contributed by atoms with Gasteiger partial charge in [-0.3, -0.25) is 0 Å². The molecule has 3 nitrogen and oxygen atoms in total. The first-order valence-corrected chi connectivity index (χ1v) is 2.18. The van der Waals surface area contributed by atoms with Crippen LogP contribution in [0.25, 0.3) is 0 Å². The third-order valence-corrected chi connectivity index (χ3v) is 0.724. The van der Waals surface area contributed by atoms with Crippen molar-refractivity contribution in [1.29, 1.82) is 0 Å². The van der Waals surface area contributed by atoms with E-state index >= 15 is 0 Å². The standard InChI is InChI=1S/C3H5ClO3.Na.H/c4-1-2(5)3(6)7;;/h2,5H,1H2,(H,6,7);;. The monoisotopic (exact) mass is 148 g/mol. The molecule has 0 aromatic carbocycles. The van der Waals surface area contributed by atoms with Gasteiger partial charge in [0.25, 0.3) is 0 Å². The van der Waals surface area contributed by atoms with Gasteiger partial charge in [0.15, 0.2) is 6.10 Å². The summed E-state index contributed by atoms with van der Waals surface area (Å²) in [5.74, 6) is -1.54. The van der Waals surface area contributed by atoms with E-state index in [9.17, 15) is 4.79 Å². The van der Waals surface area contributed by atoms with Gasteiger partial charge in [0.2, 0.25) is 0 Å². The zero-order chi connectivity index (χ0) is 5.86. The summed E-state index contributed by atoms with van der Waals surface area (Å²) in [6, 6.07) is 0. The van der Waals surface area contributed by atoms with Crippen LogP contribution in [0.3, 0.4) is 0 Å². The van der Waals surface area contributed by atoms with Gasteiger partial charge in [-0.25, -0.2) is 4.79 Å². The van der Waals surface area contributed by atoms with E-state index in [1.54, 1.807) is 0 Å². The molecule has 0 heterocycles. The molecule has 0 saturated heterocycles. The summed E-state index contributed by atoms with van der Waals surface area (Å²) in [4.78, 5) is 9.60. The Hall–Kier alpha value is 0.720. The van der Waals surface area contributed by atoms with Gasteiger partial charge in [-0.05, 0) is 0 Å². The Morgan fingerprint density at radius 3 is 2.12 bits per heavy atom. The summed E-state index contributed by atoms with van der Waals surface area (Å²) in [5, 5.41) is 16.1. The molecule has 0 aromatic heterocycles. The van der Waals surface area contributed by atoms with E-state index in [2.05, 4.69) is 0 Å². The summed E-state index contributed by atoms with van der Waals surface area (Å²) >= 11 is 4.92. The summed E-state index contributed by atoms with van der Waals surface area (Å²) < 4.78 is 0. The molecule has 0 spiro atoms. The molecule has 1 unspecified atom stereocenters. The second-order valence-electron chi connectivity index (χ2n) is 1.01. The number of rotatable bonds is 2. The van der Waals surface area contributed by atoms with Gasteiger partial charge < -0.3 is 10.2 Å². The van der Waals surface area contributed by atoms with Crippen molar-refractivity contribution in [2.24, 2.45) is 0 Å². The van der Waals surface area contributed by atoms with Crippen LogP contribution in [0.4, 0.5) is 0 Å². The number of alkyl halides is 1. The molecule has 0 aliphatic rings. The SMILES string of the molecule is O=C(O)C(O)CCl.[NaH]. The number of aliphatic hydroxyl groups excluding tert-OH is 1. The minimum absolute atomic E-state index is 0. The molecule has 2 N–H and O–H groups in total. The van der Waals surface area contributed by atoms with Gasteiger partial charge in [-0.15, -0.1) is 11.6 Å². The molecule has 0 radical (unpaired) electrons. The molecule has 44 valence electrons. The number of aliphatic carboxylic acids is 1. The first-order valence-electron chi connectivity index (χ1n) is 1.65. The maximum absolute atomic E-state index is 9.60. The average Bonchev–Trinajstić information content (AvgIpc) is 1.65. The molecule has 0 fully saturated rings. The van der Waals surface area contributed by atoms with Crippen molar-refractivity contribution in [3.8, 4) is 0 Å². The number of halogens is 1. The maximum atomic E-state index is 9.60. The van der Waals surface area contributed by atoms with Gasteiger partial charge in [-0.2, -0.15) is 0 Å². The minimum atomic E-state index is -1.42. The number of carbonyl (C=O) groups is 1. The number of hydrogen-bond acceptors (Lipinski definition) is 2. The van der Waals surface area contributed by atoms with Crippen molar-refractivity contribution < 1.29 is 15.0 Å². The summed E-state index contributed by atoms with van der Waals surface area (Å²) in [5.41, 5.74) is 0. The summed E-state index contributed by atoms with van der Waals surface area (Å²) in [6.07, 6.45) is -1.42. The summed E-state index contributed by atoms with van der Waals surface area (Å²) in [6.45, 7) is 0. The third-order valence-electron chi connectivity index (χ3n) is 0.431. The molecule has 0 saturated carbocycles. The van der Waals surface area contributed by atoms with E-state index in [1.165, 1.54) is 0 Å². The van der Waals surface area contributed by atoms with Crippen molar-refractivity contribution in [2.45, 2.75) is 6.10 Å². The van der Waals surface area contributed by atoms with Crippen LogP contribution < -0.4 is 0 Å². The van der Waals surface area contributed by atoms with E-state index < -0.39 is 12.1 Å². The van der Waals surface area contributed by atoms with Crippen LogP contribution in [-0.4, -0.2) is 57.7 Å². The van der Waals surface area contributed by atoms with Crippen LogP contribution in [0, 0.1) is 0 Å². The fourth-order valence-corrected chi connectivity index (χ4v) is 0.198. The molecule has 0 bridgehead atoms. The molecular formula is C3H6ClNaO3. The van der Waals surface area contributed by atoms with Crippen molar-refractivity contribution in [2.75, 3.05) is 5.88 Å². The Kier molecular flexibility index (Phi) is 8.41. The second-order valence-corrected chi connectivity index (χ2v) is 1.32. The van der Waals surface area contributed by atoms with Crippen molar-refractivity contribution >= 4 is 47.1 Å². The quantitative estimate of drug-likeness (QED) is 0.391. The fourth-order valence-electron chi connectivity index (χ4n) is 0.0660. The van der Waals surface area contributed by atoms with E-state index in [4.69, 9.17) is 21.8 Å². The van der Waals surface area contributed by atoms with Crippen LogP contribution in [-0.2, 0) is 4.79 Å². The van der Waals surface area contributed by atoms with E-state index in [0.29, 0.717) is 0 Å². The predicted molar refractivity (Wildman–Crippen MR) is 31.5 cm³/mol. The van der Waals surface area contributed by atoms with Crippen LogP contribution in [0.15, 0.2) is 0 Å². The van der Waals surface area contributed by atoms with Crippen LogP contribution >= 0.6 is 11.6 Å². The molecule has 5 heteroatoms. The average molecular weight is 149 g/mol. The predicted octanol–water partition coefficient (Wildman–Crippen LogP) is -0.978.